The maximum Gasteiger partial charge on any atom is 0.280 e. The summed E-state index contributed by atoms with van der Waals surface area (Å²) in [4.78, 5) is 42.7. The monoisotopic (exact) mass is 266 g/mol. The highest BCUT2D eigenvalue weighted by atomic mass is 16.6. The van der Waals surface area contributed by atoms with Gasteiger partial charge in [0, 0.05) is 24.6 Å². The van der Waals surface area contributed by atoms with Crippen LogP contribution in [0.15, 0.2) is 18.2 Å². The predicted molar refractivity (Wildman–Crippen MR) is 64.0 cm³/mol. The number of non-ortho nitro benzene ring substituents is 1. The average molecular weight is 266 g/mol. The van der Waals surface area contributed by atoms with Crippen molar-refractivity contribution in [3.63, 3.8) is 0 Å². The molecule has 0 unspecified atom stereocenters. The molecule has 0 aliphatic rings. The van der Waals surface area contributed by atoms with Gasteiger partial charge in [0.1, 0.15) is 11.3 Å². The number of nitrogens with zero attached hydrogens (tertiary/aromatic N) is 2. The van der Waals surface area contributed by atoms with E-state index >= 15 is 0 Å². The molecule has 8 heteroatoms. The Morgan fingerprint density at radius 3 is 2.26 bits per heavy atom. The van der Waals surface area contributed by atoms with Gasteiger partial charge in [0.25, 0.3) is 11.4 Å². The Morgan fingerprint density at radius 2 is 1.79 bits per heavy atom. The number of carbonyl (C=O) groups excluding carboxylic acids is 2. The molecule has 1 aromatic carbocycles. The van der Waals surface area contributed by atoms with Gasteiger partial charge in [-0.25, -0.2) is 0 Å². The Balaban J connectivity index is 3.24. The Bertz CT molecular complexity index is 566. The Morgan fingerprint density at radius 1 is 1.16 bits per heavy atom. The van der Waals surface area contributed by atoms with Gasteiger partial charge in [-0.1, -0.05) is 6.92 Å². The van der Waals surface area contributed by atoms with Gasteiger partial charge in [0.2, 0.25) is 0 Å². The Kier molecular flexibility index (Phi) is 4.41. The number of nitro benzene ring substituents is 2. The van der Waals surface area contributed by atoms with E-state index in [1.54, 1.807) is 6.92 Å². The lowest BCUT2D eigenvalue weighted by Crippen LogP contribution is -2.10. The van der Waals surface area contributed by atoms with Crippen molar-refractivity contribution in [2.45, 2.75) is 19.8 Å². The summed E-state index contributed by atoms with van der Waals surface area (Å²) in [5.41, 5.74) is -1.39. The average Bonchev–Trinajstić information content (AvgIpc) is 2.37. The molecule has 0 spiro atoms. The lowest BCUT2D eigenvalue weighted by Gasteiger charge is -2.01. The first-order chi connectivity index (χ1) is 8.86. The highest BCUT2D eigenvalue weighted by Gasteiger charge is 2.24. The van der Waals surface area contributed by atoms with Crippen LogP contribution >= 0.6 is 0 Å². The van der Waals surface area contributed by atoms with Gasteiger partial charge >= 0.3 is 0 Å². The zero-order valence-electron chi connectivity index (χ0n) is 9.99. The number of hydrogen-bond acceptors (Lipinski definition) is 6. The number of Topliss-reactive ketones (excluding diaryl/α,β-unsaturated/α-hetero) is 2. The normalized spacial score (nSPS) is 9.95. The summed E-state index contributed by atoms with van der Waals surface area (Å²) in [7, 11) is 0. The van der Waals surface area contributed by atoms with Crippen molar-refractivity contribution < 1.29 is 19.4 Å². The van der Waals surface area contributed by atoms with E-state index in [4.69, 9.17) is 0 Å². The first kappa shape index (κ1) is 14.4. The van der Waals surface area contributed by atoms with E-state index in [1.165, 1.54) is 0 Å². The summed E-state index contributed by atoms with van der Waals surface area (Å²) < 4.78 is 0. The molecule has 0 aliphatic carbocycles. The molecule has 0 amide bonds. The largest absolute Gasteiger partial charge is 0.299 e. The molecule has 8 nitrogen and oxygen atoms in total. The minimum absolute atomic E-state index is 0.120. The second kappa shape index (κ2) is 5.80. The lowest BCUT2D eigenvalue weighted by molar-refractivity contribution is -0.389. The molecule has 100 valence electrons. The lowest BCUT2D eigenvalue weighted by atomic mass is 10.0. The zero-order valence-corrected chi connectivity index (χ0v) is 9.99. The second-order valence-corrected chi connectivity index (χ2v) is 3.71. The molecule has 0 aromatic heterocycles. The van der Waals surface area contributed by atoms with Crippen molar-refractivity contribution in [3.05, 3.63) is 44.0 Å². The molecule has 0 saturated carbocycles. The van der Waals surface area contributed by atoms with E-state index in [-0.39, 0.29) is 12.2 Å². The first-order valence-electron chi connectivity index (χ1n) is 5.34. The smallest absolute Gasteiger partial charge is 0.280 e. The molecule has 0 radical (unpaired) electrons. The zero-order chi connectivity index (χ0) is 14.6. The van der Waals surface area contributed by atoms with Crippen LogP contribution in [-0.2, 0) is 4.79 Å². The number of benzene rings is 1. The van der Waals surface area contributed by atoms with Crippen LogP contribution in [0.4, 0.5) is 11.4 Å². The van der Waals surface area contributed by atoms with Crippen molar-refractivity contribution in [2.24, 2.45) is 0 Å². The van der Waals surface area contributed by atoms with Gasteiger partial charge in [-0.15, -0.1) is 0 Å². The van der Waals surface area contributed by atoms with Crippen LogP contribution in [0.1, 0.15) is 30.1 Å². The highest BCUT2D eigenvalue weighted by molar-refractivity contribution is 6.10. The fourth-order valence-electron chi connectivity index (χ4n) is 1.42. The van der Waals surface area contributed by atoms with Gasteiger partial charge < -0.3 is 0 Å². The molecule has 0 fully saturated rings. The molecule has 1 aromatic rings. The highest BCUT2D eigenvalue weighted by Crippen LogP contribution is 2.25. The van der Waals surface area contributed by atoms with Crippen LogP contribution in [0.5, 0.6) is 0 Å². The molecule has 0 heterocycles. The van der Waals surface area contributed by atoms with Gasteiger partial charge in [-0.2, -0.15) is 0 Å². The fraction of sp³-hybridized carbons (Fsp3) is 0.273. The van der Waals surface area contributed by atoms with Crippen LogP contribution in [0, 0.1) is 20.2 Å². The minimum atomic E-state index is -0.812. The maximum atomic E-state index is 11.8. The van der Waals surface area contributed by atoms with Crippen molar-refractivity contribution in [1.82, 2.24) is 0 Å². The van der Waals surface area contributed by atoms with E-state index in [2.05, 4.69) is 0 Å². The van der Waals surface area contributed by atoms with Gasteiger partial charge in [0.05, 0.1) is 16.3 Å². The summed E-state index contributed by atoms with van der Waals surface area (Å²) in [6, 6.07) is 2.65. The van der Waals surface area contributed by atoms with Crippen molar-refractivity contribution in [1.29, 1.82) is 0 Å². The van der Waals surface area contributed by atoms with E-state index in [1.807, 2.05) is 0 Å². The molecule has 0 saturated heterocycles. The minimum Gasteiger partial charge on any atom is -0.299 e. The predicted octanol–water partition coefficient (Wildman–Crippen LogP) is 2.05. The Labute approximate surface area is 107 Å². The van der Waals surface area contributed by atoms with E-state index in [0.29, 0.717) is 0 Å². The summed E-state index contributed by atoms with van der Waals surface area (Å²) in [5.74, 6) is -1.17. The molecule has 1 rings (SSSR count). The fourth-order valence-corrected chi connectivity index (χ4v) is 1.42. The third kappa shape index (κ3) is 3.41. The van der Waals surface area contributed by atoms with E-state index in [9.17, 15) is 29.8 Å². The molecule has 0 N–H and O–H groups in total. The molecule has 0 atom stereocenters. The maximum absolute atomic E-state index is 11.8. The second-order valence-electron chi connectivity index (χ2n) is 3.71. The number of carbonyl (C=O) groups is 2. The van der Waals surface area contributed by atoms with Gasteiger partial charge in [-0.3, -0.25) is 29.8 Å². The molecular weight excluding hydrogens is 256 g/mol. The van der Waals surface area contributed by atoms with Crippen LogP contribution in [0.3, 0.4) is 0 Å². The first-order valence-corrected chi connectivity index (χ1v) is 5.34. The SMILES string of the molecule is CCC(=O)CC(=O)c1cc([N+](=O)[O-])ccc1[N+](=O)[O-]. The third-order valence-corrected chi connectivity index (χ3v) is 2.44. The van der Waals surface area contributed by atoms with Crippen LogP contribution in [0.25, 0.3) is 0 Å². The topological polar surface area (TPSA) is 120 Å². The van der Waals surface area contributed by atoms with Gasteiger partial charge in [0.15, 0.2) is 5.78 Å². The number of hydrogen-bond donors (Lipinski definition) is 0. The van der Waals surface area contributed by atoms with E-state index in [0.717, 1.165) is 18.2 Å². The summed E-state index contributed by atoms with van der Waals surface area (Å²) in [6.45, 7) is 1.55. The number of nitro groups is 2. The Hall–Kier alpha value is -2.64. The third-order valence-electron chi connectivity index (χ3n) is 2.44. The van der Waals surface area contributed by atoms with Crippen LogP contribution in [0.2, 0.25) is 0 Å². The van der Waals surface area contributed by atoms with Crippen molar-refractivity contribution >= 4 is 22.9 Å². The van der Waals surface area contributed by atoms with Crippen LogP contribution in [-0.4, -0.2) is 21.4 Å². The standard InChI is InChI=1S/C11H10N2O6/c1-2-8(14)6-11(15)9-5-7(12(16)17)3-4-10(9)13(18)19/h3-5H,2,6H2,1H3. The van der Waals surface area contributed by atoms with Crippen molar-refractivity contribution in [3.8, 4) is 0 Å². The van der Waals surface area contributed by atoms with Crippen molar-refractivity contribution in [2.75, 3.05) is 0 Å². The summed E-state index contributed by atoms with van der Waals surface area (Å²) in [5, 5.41) is 21.4. The summed E-state index contributed by atoms with van der Waals surface area (Å²) >= 11 is 0. The molecule has 19 heavy (non-hydrogen) atoms. The molecule has 0 aliphatic heterocycles. The summed E-state index contributed by atoms with van der Waals surface area (Å²) in [6.07, 6.45) is -0.382. The number of ketones is 2. The van der Waals surface area contributed by atoms with Gasteiger partial charge in [-0.05, 0) is 0 Å². The van der Waals surface area contributed by atoms with Crippen LogP contribution < -0.4 is 0 Å². The molecule has 0 bridgehead atoms. The number of rotatable bonds is 6. The molecular formula is C11H10N2O6. The van der Waals surface area contributed by atoms with E-state index < -0.39 is 39.0 Å². The quantitative estimate of drug-likeness (QED) is 0.336.